The third-order valence-electron chi connectivity index (χ3n) is 2.79. The molecule has 1 atom stereocenters. The summed E-state index contributed by atoms with van der Waals surface area (Å²) in [5.41, 5.74) is 0.902. The van der Waals surface area contributed by atoms with Gasteiger partial charge in [0.1, 0.15) is 5.75 Å². The lowest BCUT2D eigenvalue weighted by Gasteiger charge is -2.13. The van der Waals surface area contributed by atoms with Crippen LogP contribution >= 0.6 is 0 Å². The molecule has 5 nitrogen and oxygen atoms in total. The average molecular weight is 266 g/mol. The lowest BCUT2D eigenvalue weighted by molar-refractivity contribution is -0.151. The zero-order valence-electron chi connectivity index (χ0n) is 11.3. The molecule has 0 aliphatic rings. The second-order valence-electron chi connectivity index (χ2n) is 4.06. The third-order valence-corrected chi connectivity index (χ3v) is 2.79. The summed E-state index contributed by atoms with van der Waals surface area (Å²) in [5.74, 6) is -0.699. The van der Waals surface area contributed by atoms with Crippen molar-refractivity contribution in [2.75, 3.05) is 21.3 Å². The molecule has 0 aliphatic heterocycles. The van der Waals surface area contributed by atoms with E-state index in [2.05, 4.69) is 4.74 Å². The predicted molar refractivity (Wildman–Crippen MR) is 68.8 cm³/mol. The van der Waals surface area contributed by atoms with Gasteiger partial charge in [-0.15, -0.1) is 0 Å². The second-order valence-corrected chi connectivity index (χ2v) is 4.06. The molecule has 0 heterocycles. The van der Waals surface area contributed by atoms with Crippen LogP contribution in [0.2, 0.25) is 0 Å². The highest BCUT2D eigenvalue weighted by atomic mass is 16.5. The van der Waals surface area contributed by atoms with E-state index < -0.39 is 17.9 Å². The number of esters is 2. The standard InChI is InChI=1S/C14H18O5/c1-17-12-6-4-5-10(8-12)7-11(14(16)19-3)9-13(15)18-2/h4-6,8,11H,7,9H2,1-3H3/t11-/m0/s1. The van der Waals surface area contributed by atoms with Crippen molar-refractivity contribution in [1.29, 1.82) is 0 Å². The first-order valence-corrected chi connectivity index (χ1v) is 5.88. The van der Waals surface area contributed by atoms with Gasteiger partial charge in [-0.3, -0.25) is 9.59 Å². The number of rotatable bonds is 6. The largest absolute Gasteiger partial charge is 0.497 e. The minimum atomic E-state index is -0.551. The molecule has 0 saturated heterocycles. The minimum absolute atomic E-state index is 0.000380. The number of ether oxygens (including phenoxy) is 3. The highest BCUT2D eigenvalue weighted by Gasteiger charge is 2.23. The molecule has 1 aromatic rings. The summed E-state index contributed by atoms with van der Waals surface area (Å²) in [6, 6.07) is 7.35. The number of carbonyl (C=O) groups is 2. The Morgan fingerprint density at radius 2 is 1.89 bits per heavy atom. The van der Waals surface area contributed by atoms with Crippen LogP contribution in [-0.2, 0) is 25.5 Å². The number of hydrogen-bond acceptors (Lipinski definition) is 5. The quantitative estimate of drug-likeness (QED) is 0.732. The van der Waals surface area contributed by atoms with Gasteiger partial charge in [0.05, 0.1) is 33.7 Å². The molecule has 0 amide bonds. The Hall–Kier alpha value is -2.04. The van der Waals surface area contributed by atoms with Crippen molar-refractivity contribution in [3.63, 3.8) is 0 Å². The van der Waals surface area contributed by atoms with E-state index in [9.17, 15) is 9.59 Å². The molecule has 0 aromatic heterocycles. The topological polar surface area (TPSA) is 61.8 Å². The molecule has 0 fully saturated rings. The van der Waals surface area contributed by atoms with Crippen LogP contribution < -0.4 is 4.74 Å². The van der Waals surface area contributed by atoms with E-state index in [1.165, 1.54) is 14.2 Å². The lowest BCUT2D eigenvalue weighted by Crippen LogP contribution is -2.22. The van der Waals surface area contributed by atoms with E-state index in [1.54, 1.807) is 7.11 Å². The van der Waals surface area contributed by atoms with Gasteiger partial charge in [-0.25, -0.2) is 0 Å². The Balaban J connectivity index is 2.80. The molecular formula is C14H18O5. The fourth-order valence-electron chi connectivity index (χ4n) is 1.77. The molecule has 0 bridgehead atoms. The van der Waals surface area contributed by atoms with E-state index in [1.807, 2.05) is 24.3 Å². The van der Waals surface area contributed by atoms with E-state index in [4.69, 9.17) is 9.47 Å². The maximum absolute atomic E-state index is 11.7. The Morgan fingerprint density at radius 3 is 2.47 bits per heavy atom. The molecule has 19 heavy (non-hydrogen) atoms. The van der Waals surface area contributed by atoms with Crippen LogP contribution in [0.3, 0.4) is 0 Å². The van der Waals surface area contributed by atoms with Crippen LogP contribution in [0.1, 0.15) is 12.0 Å². The van der Waals surface area contributed by atoms with Crippen LogP contribution in [0.4, 0.5) is 0 Å². The van der Waals surface area contributed by atoms with Gasteiger partial charge < -0.3 is 14.2 Å². The van der Waals surface area contributed by atoms with Gasteiger partial charge in [0.2, 0.25) is 0 Å². The Bertz CT molecular complexity index is 441. The van der Waals surface area contributed by atoms with E-state index in [-0.39, 0.29) is 6.42 Å². The van der Waals surface area contributed by atoms with E-state index >= 15 is 0 Å². The van der Waals surface area contributed by atoms with Gasteiger partial charge in [-0.2, -0.15) is 0 Å². The smallest absolute Gasteiger partial charge is 0.309 e. The van der Waals surface area contributed by atoms with Crippen molar-refractivity contribution in [1.82, 2.24) is 0 Å². The minimum Gasteiger partial charge on any atom is -0.497 e. The van der Waals surface area contributed by atoms with Crippen molar-refractivity contribution in [2.24, 2.45) is 5.92 Å². The molecule has 1 rings (SSSR count). The highest BCUT2D eigenvalue weighted by molar-refractivity contribution is 5.80. The SMILES string of the molecule is COC(=O)C[C@H](Cc1cccc(OC)c1)C(=O)OC. The van der Waals surface area contributed by atoms with Gasteiger partial charge >= 0.3 is 11.9 Å². The number of methoxy groups -OCH3 is 3. The molecule has 5 heteroatoms. The zero-order chi connectivity index (χ0) is 14.3. The molecule has 0 spiro atoms. The maximum atomic E-state index is 11.7. The molecule has 0 saturated carbocycles. The summed E-state index contributed by atoms with van der Waals surface area (Å²) >= 11 is 0. The molecule has 0 radical (unpaired) electrons. The van der Waals surface area contributed by atoms with Gasteiger partial charge in [0.25, 0.3) is 0 Å². The van der Waals surface area contributed by atoms with Gasteiger partial charge in [-0.05, 0) is 24.1 Å². The fraction of sp³-hybridized carbons (Fsp3) is 0.429. The molecule has 0 N–H and O–H groups in total. The molecular weight excluding hydrogens is 248 g/mol. The van der Waals surface area contributed by atoms with Gasteiger partial charge in [-0.1, -0.05) is 12.1 Å². The molecule has 0 aliphatic carbocycles. The first-order chi connectivity index (χ1) is 9.10. The zero-order valence-corrected chi connectivity index (χ0v) is 11.3. The normalized spacial score (nSPS) is 11.5. The highest BCUT2D eigenvalue weighted by Crippen LogP contribution is 2.19. The lowest BCUT2D eigenvalue weighted by atomic mass is 9.96. The van der Waals surface area contributed by atoms with Crippen LogP contribution in [0.25, 0.3) is 0 Å². The van der Waals surface area contributed by atoms with Gasteiger partial charge in [0.15, 0.2) is 0 Å². The van der Waals surface area contributed by atoms with Crippen LogP contribution in [0, 0.1) is 5.92 Å². The predicted octanol–water partition coefficient (Wildman–Crippen LogP) is 1.59. The summed E-state index contributed by atoms with van der Waals surface area (Å²) in [7, 11) is 4.17. The van der Waals surface area contributed by atoms with Crippen molar-refractivity contribution in [2.45, 2.75) is 12.8 Å². The number of hydrogen-bond donors (Lipinski definition) is 0. The number of benzene rings is 1. The van der Waals surface area contributed by atoms with Crippen molar-refractivity contribution >= 4 is 11.9 Å². The molecule has 0 unspecified atom stereocenters. The Labute approximate surface area is 112 Å². The maximum Gasteiger partial charge on any atom is 0.309 e. The van der Waals surface area contributed by atoms with Crippen LogP contribution in [0.15, 0.2) is 24.3 Å². The first kappa shape index (κ1) is 15.0. The molecule has 104 valence electrons. The van der Waals surface area contributed by atoms with Crippen molar-refractivity contribution in [3.05, 3.63) is 29.8 Å². The average Bonchev–Trinajstić information content (AvgIpc) is 2.45. The Morgan fingerprint density at radius 1 is 1.16 bits per heavy atom. The first-order valence-electron chi connectivity index (χ1n) is 5.88. The second kappa shape index (κ2) is 7.41. The van der Waals surface area contributed by atoms with E-state index in [0.29, 0.717) is 12.2 Å². The summed E-state index contributed by atoms with van der Waals surface area (Å²) in [6.07, 6.45) is 0.402. The fourth-order valence-corrected chi connectivity index (χ4v) is 1.77. The summed E-state index contributed by atoms with van der Waals surface area (Å²) in [4.78, 5) is 23.0. The van der Waals surface area contributed by atoms with Gasteiger partial charge in [0, 0.05) is 0 Å². The van der Waals surface area contributed by atoms with E-state index in [0.717, 1.165) is 5.56 Å². The summed E-state index contributed by atoms with van der Waals surface area (Å²) < 4.78 is 14.4. The third kappa shape index (κ3) is 4.62. The number of carbonyl (C=O) groups excluding carboxylic acids is 2. The van der Waals surface area contributed by atoms with Crippen molar-refractivity contribution in [3.8, 4) is 5.75 Å². The van der Waals surface area contributed by atoms with Crippen LogP contribution in [0.5, 0.6) is 5.75 Å². The Kier molecular flexibility index (Phi) is 5.85. The summed E-state index contributed by atoms with van der Waals surface area (Å²) in [6.45, 7) is 0. The van der Waals surface area contributed by atoms with Crippen LogP contribution in [-0.4, -0.2) is 33.3 Å². The van der Waals surface area contributed by atoms with Crippen molar-refractivity contribution < 1.29 is 23.8 Å². The molecule has 1 aromatic carbocycles. The summed E-state index contributed by atoms with van der Waals surface area (Å²) in [5, 5.41) is 0. The monoisotopic (exact) mass is 266 g/mol.